The molecule has 3 aromatic carbocycles. The highest BCUT2D eigenvalue weighted by molar-refractivity contribution is 8.00. The number of halogens is 1. The monoisotopic (exact) mass is 471 g/mol. The molecular weight excluding hydrogens is 454 g/mol. The number of para-hydroxylation sites is 2. The minimum atomic E-state index is -0.117. The molecule has 5 aromatic rings. The lowest BCUT2D eigenvalue weighted by molar-refractivity contribution is -0.113. The predicted molar refractivity (Wildman–Crippen MR) is 133 cm³/mol. The maximum absolute atomic E-state index is 12.8. The van der Waals surface area contributed by atoms with Crippen molar-refractivity contribution in [1.29, 1.82) is 0 Å². The van der Waals surface area contributed by atoms with Crippen LogP contribution in [-0.2, 0) is 4.79 Å². The van der Waals surface area contributed by atoms with Crippen LogP contribution in [0.5, 0.6) is 0 Å². The number of fused-ring (bicyclic) bond motifs is 1. The Bertz CT molecular complexity index is 1440. The van der Waals surface area contributed by atoms with E-state index in [1.54, 1.807) is 16.9 Å². The van der Waals surface area contributed by atoms with Gasteiger partial charge in [0.25, 0.3) is 0 Å². The Morgan fingerprint density at radius 2 is 1.70 bits per heavy atom. The van der Waals surface area contributed by atoms with Crippen LogP contribution in [0.25, 0.3) is 27.8 Å². The smallest absolute Gasteiger partial charge is 0.234 e. The highest BCUT2D eigenvalue weighted by Crippen LogP contribution is 2.30. The van der Waals surface area contributed by atoms with Gasteiger partial charge in [0.2, 0.25) is 5.91 Å². The van der Waals surface area contributed by atoms with Gasteiger partial charge in [-0.15, -0.1) is 0 Å². The summed E-state index contributed by atoms with van der Waals surface area (Å²) in [7, 11) is 0. The summed E-state index contributed by atoms with van der Waals surface area (Å²) in [5.41, 5.74) is 4.16. The zero-order chi connectivity index (χ0) is 22.6. The van der Waals surface area contributed by atoms with E-state index in [0.29, 0.717) is 15.7 Å². The van der Waals surface area contributed by atoms with Crippen molar-refractivity contribution in [2.45, 2.75) is 5.03 Å². The molecule has 2 heterocycles. The molecule has 0 saturated carbocycles. The second-order valence-corrected chi connectivity index (χ2v) is 8.54. The Balaban J connectivity index is 1.34. The summed E-state index contributed by atoms with van der Waals surface area (Å²) in [5.74, 6) is 0.0839. The second-order valence-electron chi connectivity index (χ2n) is 7.17. The van der Waals surface area contributed by atoms with E-state index in [-0.39, 0.29) is 11.7 Å². The van der Waals surface area contributed by atoms with Crippen LogP contribution in [0, 0.1) is 0 Å². The molecule has 0 bridgehead atoms. The van der Waals surface area contributed by atoms with E-state index < -0.39 is 0 Å². The Labute approximate surface area is 199 Å². The maximum atomic E-state index is 12.8. The molecule has 1 amide bonds. The number of hydrogen-bond acceptors (Lipinski definition) is 5. The van der Waals surface area contributed by atoms with Gasteiger partial charge < -0.3 is 5.32 Å². The van der Waals surface area contributed by atoms with Crippen LogP contribution in [0.4, 0.5) is 5.69 Å². The molecule has 0 saturated heterocycles. The van der Waals surface area contributed by atoms with Gasteiger partial charge in [-0.3, -0.25) is 4.79 Å². The van der Waals surface area contributed by atoms with Gasteiger partial charge in [0.05, 0.1) is 28.0 Å². The van der Waals surface area contributed by atoms with Gasteiger partial charge in [-0.1, -0.05) is 84.0 Å². The van der Waals surface area contributed by atoms with Crippen molar-refractivity contribution in [2.24, 2.45) is 0 Å². The van der Waals surface area contributed by atoms with Gasteiger partial charge in [0.15, 0.2) is 5.65 Å². The number of aromatic nitrogens is 4. The standard InChI is InChI=1S/C25H18ClN5OS/c26-20-11-5-7-13-22(20)31-24-19(14-29-31)25(28-16-27-24)33-15-23(32)30-21-12-6-4-10-18(21)17-8-2-1-3-9-17/h1-14,16H,15H2,(H,30,32). The zero-order valence-corrected chi connectivity index (χ0v) is 18.9. The van der Waals surface area contributed by atoms with Gasteiger partial charge in [0.1, 0.15) is 11.4 Å². The lowest BCUT2D eigenvalue weighted by atomic mass is 10.0. The molecular formula is C25H18ClN5OS. The molecule has 6 nitrogen and oxygen atoms in total. The predicted octanol–water partition coefficient (Wildman–Crippen LogP) is 5.87. The van der Waals surface area contributed by atoms with Crippen molar-refractivity contribution < 1.29 is 4.79 Å². The van der Waals surface area contributed by atoms with Crippen molar-refractivity contribution in [3.8, 4) is 16.8 Å². The molecule has 0 spiro atoms. The first kappa shape index (κ1) is 21.2. The zero-order valence-electron chi connectivity index (χ0n) is 17.4. The third kappa shape index (κ3) is 4.46. The molecule has 0 atom stereocenters. The second kappa shape index (κ2) is 9.44. The molecule has 0 aliphatic carbocycles. The first-order valence-corrected chi connectivity index (χ1v) is 11.6. The van der Waals surface area contributed by atoms with E-state index in [4.69, 9.17) is 11.6 Å². The quantitative estimate of drug-likeness (QED) is 0.248. The molecule has 0 aliphatic rings. The van der Waals surface area contributed by atoms with E-state index in [0.717, 1.165) is 27.9 Å². The fourth-order valence-corrected chi connectivity index (χ4v) is 4.50. The number of carbonyl (C=O) groups is 1. The molecule has 1 N–H and O–H groups in total. The number of hydrogen-bond donors (Lipinski definition) is 1. The third-order valence-electron chi connectivity index (χ3n) is 5.04. The van der Waals surface area contributed by atoms with Gasteiger partial charge >= 0.3 is 0 Å². The summed E-state index contributed by atoms with van der Waals surface area (Å²) in [6.45, 7) is 0. The van der Waals surface area contributed by atoms with Crippen molar-refractivity contribution in [2.75, 3.05) is 11.1 Å². The van der Waals surface area contributed by atoms with E-state index in [2.05, 4.69) is 20.4 Å². The van der Waals surface area contributed by atoms with Crippen LogP contribution < -0.4 is 5.32 Å². The van der Waals surface area contributed by atoms with Crippen LogP contribution in [-0.4, -0.2) is 31.4 Å². The number of benzene rings is 3. The first-order chi connectivity index (χ1) is 16.2. The molecule has 0 aliphatic heterocycles. The van der Waals surface area contributed by atoms with Crippen LogP contribution in [0.3, 0.4) is 0 Å². The van der Waals surface area contributed by atoms with Crippen LogP contribution >= 0.6 is 23.4 Å². The van der Waals surface area contributed by atoms with Crippen molar-refractivity contribution >= 4 is 46.0 Å². The molecule has 162 valence electrons. The minimum Gasteiger partial charge on any atom is -0.325 e. The summed E-state index contributed by atoms with van der Waals surface area (Å²) in [4.78, 5) is 21.5. The number of nitrogens with one attached hydrogen (secondary N) is 1. The molecule has 8 heteroatoms. The number of amides is 1. The molecule has 33 heavy (non-hydrogen) atoms. The summed E-state index contributed by atoms with van der Waals surface area (Å²) in [5, 5.41) is 9.49. The summed E-state index contributed by atoms with van der Waals surface area (Å²) >= 11 is 7.67. The maximum Gasteiger partial charge on any atom is 0.234 e. The average Bonchev–Trinajstić information content (AvgIpc) is 3.28. The van der Waals surface area contributed by atoms with Gasteiger partial charge in [-0.25, -0.2) is 14.6 Å². The summed E-state index contributed by atoms with van der Waals surface area (Å²) in [6.07, 6.45) is 3.17. The van der Waals surface area contributed by atoms with Crippen molar-refractivity contribution in [3.63, 3.8) is 0 Å². The lowest BCUT2D eigenvalue weighted by Crippen LogP contribution is -2.14. The third-order valence-corrected chi connectivity index (χ3v) is 6.36. The van der Waals surface area contributed by atoms with Gasteiger partial charge in [0, 0.05) is 11.3 Å². The van der Waals surface area contributed by atoms with E-state index in [1.807, 2.05) is 72.8 Å². The fraction of sp³-hybridized carbons (Fsp3) is 0.0400. The molecule has 5 rings (SSSR count). The number of anilines is 1. The Hall–Kier alpha value is -3.68. The lowest BCUT2D eigenvalue weighted by Gasteiger charge is -2.11. The van der Waals surface area contributed by atoms with Gasteiger partial charge in [-0.2, -0.15) is 5.10 Å². The van der Waals surface area contributed by atoms with Crippen LogP contribution in [0.2, 0.25) is 5.02 Å². The fourth-order valence-electron chi connectivity index (χ4n) is 3.52. The van der Waals surface area contributed by atoms with Crippen LogP contribution in [0.1, 0.15) is 0 Å². The first-order valence-electron chi connectivity index (χ1n) is 10.2. The highest BCUT2D eigenvalue weighted by Gasteiger charge is 2.15. The Morgan fingerprint density at radius 3 is 2.55 bits per heavy atom. The number of nitrogens with zero attached hydrogens (tertiary/aromatic N) is 4. The summed E-state index contributed by atoms with van der Waals surface area (Å²) in [6, 6.07) is 25.2. The number of carbonyl (C=O) groups excluding carboxylic acids is 1. The molecule has 0 radical (unpaired) electrons. The SMILES string of the molecule is O=C(CSc1ncnc2c1cnn2-c1ccccc1Cl)Nc1ccccc1-c1ccccc1. The van der Waals surface area contributed by atoms with Crippen LogP contribution in [0.15, 0.2) is 96.4 Å². The van der Waals surface area contributed by atoms with E-state index in [1.165, 1.54) is 18.1 Å². The Morgan fingerprint density at radius 1 is 0.939 bits per heavy atom. The van der Waals surface area contributed by atoms with Crippen molar-refractivity contribution in [3.05, 3.63) is 96.4 Å². The molecule has 2 aromatic heterocycles. The van der Waals surface area contributed by atoms with Crippen molar-refractivity contribution in [1.82, 2.24) is 19.7 Å². The molecule has 0 unspecified atom stereocenters. The van der Waals surface area contributed by atoms with E-state index in [9.17, 15) is 4.79 Å². The normalized spacial score (nSPS) is 10.9. The van der Waals surface area contributed by atoms with E-state index >= 15 is 0 Å². The number of rotatable bonds is 6. The average molecular weight is 472 g/mol. The largest absolute Gasteiger partial charge is 0.325 e. The van der Waals surface area contributed by atoms with Gasteiger partial charge in [-0.05, 0) is 23.8 Å². The summed E-state index contributed by atoms with van der Waals surface area (Å²) < 4.78 is 1.68. The number of thioether (sulfide) groups is 1. The highest BCUT2D eigenvalue weighted by atomic mass is 35.5. The molecule has 0 fully saturated rings. The topological polar surface area (TPSA) is 72.7 Å². The Kier molecular flexibility index (Phi) is 6.06. The minimum absolute atomic E-state index is 0.117.